The molecule has 0 saturated heterocycles. The number of hydrogen-bond donors (Lipinski definition) is 0. The van der Waals surface area contributed by atoms with Crippen LogP contribution in [0.15, 0.2) is 170 Å². The van der Waals surface area contributed by atoms with Gasteiger partial charge in [-0.3, -0.25) is 0 Å². The van der Waals surface area contributed by atoms with Gasteiger partial charge >= 0.3 is 0 Å². The van der Waals surface area contributed by atoms with E-state index in [-0.39, 0.29) is 74.7 Å². The van der Waals surface area contributed by atoms with Crippen molar-refractivity contribution in [3.8, 4) is 34.5 Å². The first kappa shape index (κ1) is 57.8. The summed E-state index contributed by atoms with van der Waals surface area (Å²) in [6.45, 7) is 0.328. The first-order valence-electron chi connectivity index (χ1n) is 22.6. The fraction of sp³-hybridized carbons (Fsp3) is 0.250. The molecular formula is C56H62Br2O12P2. The van der Waals surface area contributed by atoms with Crippen LogP contribution in [-0.4, -0.2) is 83.4 Å². The maximum absolute atomic E-state index is 6.44. The van der Waals surface area contributed by atoms with Gasteiger partial charge in [0.2, 0.25) is 0 Å². The number of para-hydroxylation sites is 6. The molecule has 7 aromatic rings. The quantitative estimate of drug-likeness (QED) is 0.0532. The molecule has 72 heavy (non-hydrogen) atoms. The van der Waals surface area contributed by atoms with Crippen molar-refractivity contribution < 1.29 is 90.8 Å². The number of benzene rings is 7. The van der Waals surface area contributed by atoms with Gasteiger partial charge in [0, 0.05) is 42.7 Å². The van der Waals surface area contributed by atoms with E-state index in [0.29, 0.717) is 46.8 Å². The van der Waals surface area contributed by atoms with Crippen LogP contribution in [-0.2, 0) is 40.7 Å². The number of methoxy groups -OCH3 is 6. The van der Waals surface area contributed by atoms with Gasteiger partial charge in [0.1, 0.15) is 46.4 Å². The van der Waals surface area contributed by atoms with Crippen LogP contribution in [0.2, 0.25) is 0 Å². The molecule has 7 rings (SSSR count). The SMILES string of the molecule is COCOc1ccccc1[P+](Cc1ccc(C[P+](c2ccccc2OCOC)(c2ccccc2OCOC)c2ccccc2OCOC)cc1)(c1ccccc1OCOC)c1ccccc1OCOC.[Br-].[Br-]. The molecule has 0 aliphatic carbocycles. The lowest BCUT2D eigenvalue weighted by Crippen LogP contribution is -3.00. The molecule has 0 aliphatic rings. The summed E-state index contributed by atoms with van der Waals surface area (Å²) in [6.07, 6.45) is 1.10. The third-order valence-corrected chi connectivity index (χ3v) is 20.3. The summed E-state index contributed by atoms with van der Waals surface area (Å²) in [5.74, 6) is 4.11. The summed E-state index contributed by atoms with van der Waals surface area (Å²) in [7, 11) is 3.95. The van der Waals surface area contributed by atoms with Gasteiger partial charge in [-0.25, -0.2) is 0 Å². The Morgan fingerprint density at radius 3 is 0.583 bits per heavy atom. The van der Waals surface area contributed by atoms with Gasteiger partial charge in [0.05, 0.1) is 12.3 Å². The van der Waals surface area contributed by atoms with Crippen molar-refractivity contribution in [3.05, 3.63) is 181 Å². The van der Waals surface area contributed by atoms with E-state index in [2.05, 4.69) is 60.7 Å². The highest BCUT2D eigenvalue weighted by atomic mass is 79.9. The van der Waals surface area contributed by atoms with Crippen LogP contribution in [0, 0.1) is 0 Å². The van der Waals surface area contributed by atoms with Crippen molar-refractivity contribution in [2.75, 3.05) is 83.4 Å². The molecule has 0 aromatic heterocycles. The van der Waals surface area contributed by atoms with Crippen molar-refractivity contribution in [3.63, 3.8) is 0 Å². The fourth-order valence-electron chi connectivity index (χ4n) is 8.69. The minimum atomic E-state index is -2.88. The molecule has 16 heteroatoms. The third-order valence-electron chi connectivity index (χ3n) is 11.5. The first-order chi connectivity index (χ1) is 34.5. The molecule has 0 spiro atoms. The summed E-state index contributed by atoms with van der Waals surface area (Å²) in [5, 5.41) is 5.89. The van der Waals surface area contributed by atoms with Crippen molar-refractivity contribution >= 4 is 46.4 Å². The largest absolute Gasteiger partial charge is 1.00 e. The second-order valence-corrected chi connectivity index (χ2v) is 22.6. The highest BCUT2D eigenvalue weighted by Gasteiger charge is 2.54. The molecule has 0 radical (unpaired) electrons. The molecule has 0 amide bonds. The second kappa shape index (κ2) is 29.6. The monoisotopic (exact) mass is 1150 g/mol. The standard InChI is InChI=1S/C56H62O12P2.2BrH/c1-57-37-63-45-19-7-13-25-51(45)69(52-26-14-8-20-46(52)64-38-58-2,53-27-15-9-21-47(53)65-39-59-3)35-43-31-33-44(34-32-43)36-70(54-28-16-10-22-48(54)66-40-60-4,55-29-17-11-23-49(55)67-41-61-5)56-30-18-12-24-50(56)68-42-62-6;;/h7-34H,35-42H2,1-6H3;2*1H/q+2;;/p-2. The van der Waals surface area contributed by atoms with Crippen molar-refractivity contribution in [1.29, 1.82) is 0 Å². The zero-order valence-corrected chi connectivity index (χ0v) is 46.3. The Kier molecular flexibility index (Phi) is 23.8. The maximum Gasteiger partial charge on any atom is 0.188 e. The van der Waals surface area contributed by atoms with Crippen LogP contribution in [0.1, 0.15) is 11.1 Å². The van der Waals surface area contributed by atoms with E-state index in [1.165, 1.54) is 0 Å². The fourth-order valence-corrected chi connectivity index (χ4v) is 17.9. The summed E-state index contributed by atoms with van der Waals surface area (Å²) in [6, 6.07) is 57.8. The number of rotatable bonds is 28. The predicted molar refractivity (Wildman–Crippen MR) is 279 cm³/mol. The van der Waals surface area contributed by atoms with E-state index >= 15 is 0 Å². The van der Waals surface area contributed by atoms with Crippen LogP contribution in [0.4, 0.5) is 0 Å². The molecule has 0 saturated carbocycles. The van der Waals surface area contributed by atoms with E-state index in [9.17, 15) is 0 Å². The molecule has 0 atom stereocenters. The van der Waals surface area contributed by atoms with E-state index in [4.69, 9.17) is 56.8 Å². The minimum Gasteiger partial charge on any atom is -1.00 e. The van der Waals surface area contributed by atoms with Crippen LogP contribution in [0.5, 0.6) is 34.5 Å². The Labute approximate surface area is 445 Å². The molecule has 0 heterocycles. The van der Waals surface area contributed by atoms with E-state index < -0.39 is 14.5 Å². The molecule has 0 N–H and O–H groups in total. The van der Waals surface area contributed by atoms with Gasteiger partial charge in [0.15, 0.2) is 75.3 Å². The Morgan fingerprint density at radius 2 is 0.417 bits per heavy atom. The molecule has 7 aromatic carbocycles. The van der Waals surface area contributed by atoms with Crippen molar-refractivity contribution in [2.45, 2.75) is 12.3 Å². The maximum atomic E-state index is 6.44. The minimum absolute atomic E-state index is 0. The van der Waals surface area contributed by atoms with Crippen molar-refractivity contribution in [2.24, 2.45) is 0 Å². The van der Waals surface area contributed by atoms with E-state index in [1.54, 1.807) is 42.7 Å². The highest BCUT2D eigenvalue weighted by Crippen LogP contribution is 2.65. The summed E-state index contributed by atoms with van der Waals surface area (Å²) < 4.78 is 71.6. The Hall–Kier alpha value is -5.08. The van der Waals surface area contributed by atoms with Gasteiger partial charge in [-0.2, -0.15) is 0 Å². The van der Waals surface area contributed by atoms with Crippen LogP contribution < -0.4 is 94.2 Å². The van der Waals surface area contributed by atoms with Crippen molar-refractivity contribution in [1.82, 2.24) is 0 Å². The van der Waals surface area contributed by atoms with Crippen LogP contribution >= 0.6 is 14.5 Å². The molecule has 0 aliphatic heterocycles. The zero-order valence-electron chi connectivity index (χ0n) is 41.4. The second-order valence-electron chi connectivity index (χ2n) is 15.9. The smallest absolute Gasteiger partial charge is 0.188 e. The number of ether oxygens (including phenoxy) is 12. The third kappa shape index (κ3) is 13.4. The van der Waals surface area contributed by atoms with Crippen LogP contribution in [0.25, 0.3) is 0 Å². The first-order valence-corrected chi connectivity index (χ1v) is 26.6. The van der Waals surface area contributed by atoms with Crippen LogP contribution in [0.3, 0.4) is 0 Å². The predicted octanol–water partition coefficient (Wildman–Crippen LogP) is 2.58. The number of hydrogen-bond acceptors (Lipinski definition) is 12. The zero-order chi connectivity index (χ0) is 49.0. The summed E-state index contributed by atoms with van der Waals surface area (Å²) in [5.41, 5.74) is 2.14. The lowest BCUT2D eigenvalue weighted by Gasteiger charge is -2.32. The van der Waals surface area contributed by atoms with Gasteiger partial charge in [-0.15, -0.1) is 0 Å². The number of halogens is 2. The molecule has 0 fully saturated rings. The lowest BCUT2D eigenvalue weighted by atomic mass is 10.2. The lowest BCUT2D eigenvalue weighted by molar-refractivity contribution is -0.00100. The summed E-state index contributed by atoms with van der Waals surface area (Å²) in [4.78, 5) is 0. The average molecular weight is 1150 g/mol. The van der Waals surface area contributed by atoms with Gasteiger partial charge in [-0.05, 0) is 83.9 Å². The Balaban J connectivity index is 0.00000481. The molecule has 382 valence electrons. The van der Waals surface area contributed by atoms with Gasteiger partial charge in [-0.1, -0.05) is 97.1 Å². The molecular weight excluding hydrogens is 1090 g/mol. The Bertz CT molecular complexity index is 2280. The molecule has 0 unspecified atom stereocenters. The molecule has 12 nitrogen and oxygen atoms in total. The summed E-state index contributed by atoms with van der Waals surface area (Å²) >= 11 is 0. The van der Waals surface area contributed by atoms with Gasteiger partial charge in [0.25, 0.3) is 0 Å². The molecule has 0 bridgehead atoms. The van der Waals surface area contributed by atoms with Gasteiger partial charge < -0.3 is 90.8 Å². The van der Waals surface area contributed by atoms with E-state index in [0.717, 1.165) is 43.0 Å². The average Bonchev–Trinajstić information content (AvgIpc) is 3.41. The topological polar surface area (TPSA) is 111 Å². The van der Waals surface area contributed by atoms with E-state index in [1.807, 2.05) is 109 Å². The highest BCUT2D eigenvalue weighted by molar-refractivity contribution is 7.96. The Morgan fingerprint density at radius 1 is 0.250 bits per heavy atom. The normalized spacial score (nSPS) is 11.2.